The summed E-state index contributed by atoms with van der Waals surface area (Å²) in [6, 6.07) is 4.10. The van der Waals surface area contributed by atoms with Gasteiger partial charge in [0, 0.05) is 12.1 Å². The molecular weight excluding hydrogens is 335 g/mol. The molecule has 3 rings (SSSR count). The number of alkyl halides is 3. The summed E-state index contributed by atoms with van der Waals surface area (Å²) in [6.07, 6.45) is 0.624. The zero-order valence-electron chi connectivity index (χ0n) is 13.6. The first-order valence-electron chi connectivity index (χ1n) is 8.44. The van der Waals surface area contributed by atoms with Gasteiger partial charge in [-0.1, -0.05) is 6.42 Å². The van der Waals surface area contributed by atoms with Crippen molar-refractivity contribution in [2.45, 2.75) is 38.3 Å². The number of esters is 1. The maximum absolute atomic E-state index is 12.5. The lowest BCUT2D eigenvalue weighted by molar-refractivity contribution is -0.148. The third-order valence-corrected chi connectivity index (χ3v) is 5.17. The maximum Gasteiger partial charge on any atom is 0.416 e. The highest BCUT2D eigenvalue weighted by atomic mass is 19.4. The number of amides is 1. The Labute approximate surface area is 143 Å². The molecule has 4 nitrogen and oxygen atoms in total. The number of fused-ring (bicyclic) bond motifs is 2. The number of hydrogen-bond acceptors (Lipinski definition) is 3. The summed E-state index contributed by atoms with van der Waals surface area (Å²) in [4.78, 5) is 23.6. The van der Waals surface area contributed by atoms with Crippen LogP contribution in [-0.2, 0) is 20.5 Å². The number of carbonyl (C=O) groups excluding carboxylic acids is 2. The van der Waals surface area contributed by atoms with Gasteiger partial charge in [0.05, 0.1) is 5.56 Å². The van der Waals surface area contributed by atoms with Gasteiger partial charge in [-0.3, -0.25) is 9.59 Å². The molecular formula is C18H20F3NO3. The van der Waals surface area contributed by atoms with Gasteiger partial charge in [0.1, 0.15) is 0 Å². The summed E-state index contributed by atoms with van der Waals surface area (Å²) in [5.41, 5.74) is -0.565. The van der Waals surface area contributed by atoms with Crippen LogP contribution in [0.15, 0.2) is 24.3 Å². The van der Waals surface area contributed by atoms with E-state index in [1.807, 2.05) is 0 Å². The van der Waals surface area contributed by atoms with Gasteiger partial charge in [0.2, 0.25) is 0 Å². The molecule has 0 radical (unpaired) electrons. The molecule has 0 aromatic heterocycles. The lowest BCUT2D eigenvalue weighted by Crippen LogP contribution is -2.23. The van der Waals surface area contributed by atoms with Crippen LogP contribution >= 0.6 is 0 Å². The number of hydrogen-bond donors (Lipinski definition) is 1. The van der Waals surface area contributed by atoms with Crippen LogP contribution in [0, 0.1) is 17.8 Å². The van der Waals surface area contributed by atoms with Gasteiger partial charge in [-0.2, -0.15) is 13.2 Å². The molecule has 1 aromatic carbocycles. The lowest BCUT2D eigenvalue weighted by atomic mass is 9.86. The maximum atomic E-state index is 12.5. The van der Waals surface area contributed by atoms with E-state index in [4.69, 9.17) is 4.74 Å². The average molecular weight is 355 g/mol. The molecule has 25 heavy (non-hydrogen) atoms. The molecule has 2 bridgehead atoms. The van der Waals surface area contributed by atoms with Crippen LogP contribution in [0.3, 0.4) is 0 Å². The number of halogens is 3. The van der Waals surface area contributed by atoms with E-state index < -0.39 is 24.3 Å². The highest BCUT2D eigenvalue weighted by Crippen LogP contribution is 2.49. The first-order chi connectivity index (χ1) is 11.8. The highest BCUT2D eigenvalue weighted by molar-refractivity contribution is 5.92. The Kier molecular flexibility index (Phi) is 5.01. The fourth-order valence-electron chi connectivity index (χ4n) is 3.99. The standard InChI is InChI=1S/C18H20F3NO3/c19-18(20,21)14-3-5-15(6-4-14)22-16(23)10-25-17(24)9-13-8-11-1-2-12(13)7-11/h3-6,11-13H,1-2,7-10H2,(H,22,23)/t11-,12+,13-/m0/s1. The van der Waals surface area contributed by atoms with E-state index in [0.29, 0.717) is 18.3 Å². The molecule has 0 unspecified atom stereocenters. The van der Waals surface area contributed by atoms with Gasteiger partial charge >= 0.3 is 12.1 Å². The fourth-order valence-corrected chi connectivity index (χ4v) is 3.99. The van der Waals surface area contributed by atoms with Crippen LogP contribution in [0.1, 0.15) is 37.7 Å². The molecule has 3 atom stereocenters. The lowest BCUT2D eigenvalue weighted by Gasteiger charge is -2.20. The van der Waals surface area contributed by atoms with Gasteiger partial charge in [0.15, 0.2) is 6.61 Å². The molecule has 136 valence electrons. The highest BCUT2D eigenvalue weighted by Gasteiger charge is 2.40. The number of ether oxygens (including phenoxy) is 1. The second-order valence-electron chi connectivity index (χ2n) is 6.92. The molecule has 0 spiro atoms. The predicted octanol–water partition coefficient (Wildman–Crippen LogP) is 4.01. The molecule has 1 amide bonds. The normalized spacial score (nSPS) is 25.0. The van der Waals surface area contributed by atoms with E-state index in [2.05, 4.69) is 5.32 Å². The minimum Gasteiger partial charge on any atom is -0.456 e. The van der Waals surface area contributed by atoms with Crippen LogP contribution < -0.4 is 5.32 Å². The summed E-state index contributed by atoms with van der Waals surface area (Å²) in [5.74, 6) is 0.759. The Balaban J connectivity index is 1.41. The van der Waals surface area contributed by atoms with E-state index in [9.17, 15) is 22.8 Å². The minimum absolute atomic E-state index is 0.224. The van der Waals surface area contributed by atoms with E-state index >= 15 is 0 Å². The Bertz CT molecular complexity index is 642. The third-order valence-electron chi connectivity index (χ3n) is 5.17. The smallest absolute Gasteiger partial charge is 0.416 e. The fraction of sp³-hybridized carbons (Fsp3) is 0.556. The zero-order valence-corrected chi connectivity index (χ0v) is 13.6. The summed E-state index contributed by atoms with van der Waals surface area (Å²) in [6.45, 7) is -0.430. The van der Waals surface area contributed by atoms with Crippen LogP contribution in [-0.4, -0.2) is 18.5 Å². The second-order valence-corrected chi connectivity index (χ2v) is 6.92. The van der Waals surface area contributed by atoms with Crippen molar-refractivity contribution in [2.24, 2.45) is 17.8 Å². The van der Waals surface area contributed by atoms with Crippen molar-refractivity contribution in [1.82, 2.24) is 0 Å². The molecule has 1 N–H and O–H groups in total. The van der Waals surface area contributed by atoms with Gasteiger partial charge in [-0.15, -0.1) is 0 Å². The number of carbonyl (C=O) groups is 2. The number of nitrogens with one attached hydrogen (secondary N) is 1. The quantitative estimate of drug-likeness (QED) is 0.812. The third kappa shape index (κ3) is 4.52. The van der Waals surface area contributed by atoms with Crippen molar-refractivity contribution in [1.29, 1.82) is 0 Å². The Hall–Kier alpha value is -2.05. The minimum atomic E-state index is -4.42. The largest absolute Gasteiger partial charge is 0.456 e. The Morgan fingerprint density at radius 3 is 2.40 bits per heavy atom. The first kappa shape index (κ1) is 17.8. The molecule has 0 aliphatic heterocycles. The van der Waals surface area contributed by atoms with Crippen molar-refractivity contribution < 1.29 is 27.5 Å². The van der Waals surface area contributed by atoms with Crippen LogP contribution in [0.5, 0.6) is 0 Å². The number of anilines is 1. The Morgan fingerprint density at radius 2 is 1.84 bits per heavy atom. The zero-order chi connectivity index (χ0) is 18.0. The van der Waals surface area contributed by atoms with E-state index in [1.165, 1.54) is 19.3 Å². The molecule has 0 saturated heterocycles. The van der Waals surface area contributed by atoms with Gasteiger partial charge in [0.25, 0.3) is 5.91 Å². The van der Waals surface area contributed by atoms with Crippen molar-refractivity contribution in [3.8, 4) is 0 Å². The van der Waals surface area contributed by atoms with Crippen molar-refractivity contribution in [3.05, 3.63) is 29.8 Å². The van der Waals surface area contributed by atoms with Gasteiger partial charge < -0.3 is 10.1 Å². The van der Waals surface area contributed by atoms with E-state index in [1.54, 1.807) is 0 Å². The summed E-state index contributed by atoms with van der Waals surface area (Å²) in [7, 11) is 0. The molecule has 2 aliphatic carbocycles. The van der Waals surface area contributed by atoms with Crippen molar-refractivity contribution in [2.75, 3.05) is 11.9 Å². The SMILES string of the molecule is O=C(COC(=O)C[C@@H]1C[C@H]2CC[C@@H]1C2)Nc1ccc(C(F)(F)F)cc1. The average Bonchev–Trinajstić information content (AvgIpc) is 3.15. The Morgan fingerprint density at radius 1 is 1.12 bits per heavy atom. The van der Waals surface area contributed by atoms with E-state index in [0.717, 1.165) is 36.6 Å². The van der Waals surface area contributed by atoms with E-state index in [-0.39, 0.29) is 11.7 Å². The topological polar surface area (TPSA) is 55.4 Å². The molecule has 7 heteroatoms. The molecule has 2 fully saturated rings. The predicted molar refractivity (Wildman–Crippen MR) is 84.6 cm³/mol. The summed E-state index contributed by atoms with van der Waals surface area (Å²) in [5, 5.41) is 2.41. The number of benzene rings is 1. The van der Waals surface area contributed by atoms with Crippen molar-refractivity contribution in [3.63, 3.8) is 0 Å². The van der Waals surface area contributed by atoms with Crippen LogP contribution in [0.2, 0.25) is 0 Å². The molecule has 2 saturated carbocycles. The molecule has 0 heterocycles. The molecule has 1 aromatic rings. The number of rotatable bonds is 5. The van der Waals surface area contributed by atoms with Crippen molar-refractivity contribution >= 4 is 17.6 Å². The van der Waals surface area contributed by atoms with Crippen LogP contribution in [0.25, 0.3) is 0 Å². The first-order valence-corrected chi connectivity index (χ1v) is 8.44. The second kappa shape index (κ2) is 7.06. The van der Waals surface area contributed by atoms with Gasteiger partial charge in [-0.05, 0) is 61.3 Å². The molecule has 2 aliphatic rings. The summed E-state index contributed by atoms with van der Waals surface area (Å²) >= 11 is 0. The van der Waals surface area contributed by atoms with Crippen LogP contribution in [0.4, 0.5) is 18.9 Å². The van der Waals surface area contributed by atoms with Gasteiger partial charge in [-0.25, -0.2) is 0 Å². The summed E-state index contributed by atoms with van der Waals surface area (Å²) < 4.78 is 42.4. The monoisotopic (exact) mass is 355 g/mol.